The van der Waals surface area contributed by atoms with Gasteiger partial charge in [0.2, 0.25) is 0 Å². The van der Waals surface area contributed by atoms with Crippen LogP contribution in [0.3, 0.4) is 0 Å². The molecule has 0 spiro atoms. The van der Waals surface area contributed by atoms with Crippen LogP contribution in [0.2, 0.25) is 0 Å². The highest BCUT2D eigenvalue weighted by molar-refractivity contribution is 7.80. The third-order valence-corrected chi connectivity index (χ3v) is 3.27. The van der Waals surface area contributed by atoms with E-state index in [1.807, 2.05) is 12.1 Å². The molecule has 5 heteroatoms. The Morgan fingerprint density at radius 1 is 1.53 bits per heavy atom. The zero-order valence-electron chi connectivity index (χ0n) is 9.67. The number of piperidine rings is 1. The third-order valence-electron chi connectivity index (χ3n) is 3.08. The summed E-state index contributed by atoms with van der Waals surface area (Å²) in [6.45, 7) is 2.62. The fraction of sp³-hybridized carbons (Fsp3) is 0.500. The van der Waals surface area contributed by atoms with Crippen LogP contribution in [0.5, 0.6) is 0 Å². The van der Waals surface area contributed by atoms with Gasteiger partial charge in [-0.05, 0) is 24.5 Å². The van der Waals surface area contributed by atoms with Crippen LogP contribution in [-0.2, 0) is 6.54 Å². The normalized spacial score (nSPS) is 18.2. The molecule has 0 aliphatic carbocycles. The number of hydrogen-bond acceptors (Lipinski definition) is 4. The Morgan fingerprint density at radius 2 is 2.24 bits per heavy atom. The molecule has 1 aliphatic heterocycles. The molecule has 0 atom stereocenters. The van der Waals surface area contributed by atoms with Gasteiger partial charge < -0.3 is 10.8 Å². The first-order chi connectivity index (χ1) is 8.16. The Labute approximate surface area is 106 Å². The molecule has 1 aliphatic rings. The van der Waals surface area contributed by atoms with Crippen molar-refractivity contribution in [2.75, 3.05) is 13.1 Å². The number of thiocarbonyl (C=S) groups is 1. The van der Waals surface area contributed by atoms with Gasteiger partial charge in [-0.3, -0.25) is 9.88 Å². The SMILES string of the molecule is NC(=S)c1ncccc1CN1CCC(O)CC1. The summed E-state index contributed by atoms with van der Waals surface area (Å²) in [6, 6.07) is 3.91. The van der Waals surface area contributed by atoms with Crippen LogP contribution in [0.1, 0.15) is 24.1 Å². The first-order valence-corrected chi connectivity index (χ1v) is 6.22. The van der Waals surface area contributed by atoms with Crippen LogP contribution in [0.15, 0.2) is 18.3 Å². The number of pyridine rings is 1. The minimum Gasteiger partial charge on any atom is -0.393 e. The van der Waals surface area contributed by atoms with Crippen molar-refractivity contribution in [1.29, 1.82) is 0 Å². The van der Waals surface area contributed by atoms with Crippen molar-refractivity contribution in [2.24, 2.45) is 5.73 Å². The molecule has 92 valence electrons. The second-order valence-corrected chi connectivity index (χ2v) is 4.82. The predicted octanol–water partition coefficient (Wildman–Crippen LogP) is 0.672. The van der Waals surface area contributed by atoms with Crippen LogP contribution in [0, 0.1) is 0 Å². The van der Waals surface area contributed by atoms with E-state index < -0.39 is 0 Å². The molecule has 0 radical (unpaired) electrons. The van der Waals surface area contributed by atoms with Gasteiger partial charge in [0.05, 0.1) is 6.10 Å². The van der Waals surface area contributed by atoms with Gasteiger partial charge in [0.25, 0.3) is 0 Å². The standard InChI is InChI=1S/C12H17N3OS/c13-12(17)11-9(2-1-5-14-11)8-15-6-3-10(16)4-7-15/h1-2,5,10,16H,3-4,6-8H2,(H2,13,17). The molecule has 0 amide bonds. The van der Waals surface area contributed by atoms with Crippen molar-refractivity contribution >= 4 is 17.2 Å². The average Bonchev–Trinajstić information content (AvgIpc) is 2.32. The number of rotatable bonds is 3. The Morgan fingerprint density at radius 3 is 2.88 bits per heavy atom. The molecular weight excluding hydrogens is 234 g/mol. The van der Waals surface area contributed by atoms with Gasteiger partial charge in [0.1, 0.15) is 10.7 Å². The monoisotopic (exact) mass is 251 g/mol. The van der Waals surface area contributed by atoms with Gasteiger partial charge in [0, 0.05) is 25.8 Å². The molecule has 2 rings (SSSR count). The summed E-state index contributed by atoms with van der Waals surface area (Å²) in [5.41, 5.74) is 7.43. The summed E-state index contributed by atoms with van der Waals surface area (Å²) in [7, 11) is 0. The third kappa shape index (κ3) is 3.21. The zero-order chi connectivity index (χ0) is 12.3. The molecule has 1 fully saturated rings. The second kappa shape index (κ2) is 5.53. The van der Waals surface area contributed by atoms with Crippen LogP contribution < -0.4 is 5.73 Å². The van der Waals surface area contributed by atoms with Crippen molar-refractivity contribution in [3.05, 3.63) is 29.6 Å². The molecule has 0 bridgehead atoms. The summed E-state index contributed by atoms with van der Waals surface area (Å²) in [6.07, 6.45) is 3.23. The van der Waals surface area contributed by atoms with Crippen molar-refractivity contribution in [2.45, 2.75) is 25.5 Å². The number of hydrogen-bond donors (Lipinski definition) is 2. The molecule has 0 unspecified atom stereocenters. The zero-order valence-corrected chi connectivity index (χ0v) is 10.5. The van der Waals surface area contributed by atoms with Crippen LogP contribution in [0.4, 0.5) is 0 Å². The molecule has 3 N–H and O–H groups in total. The Balaban J connectivity index is 2.05. The fourth-order valence-corrected chi connectivity index (χ4v) is 2.29. The van der Waals surface area contributed by atoms with Gasteiger partial charge in [-0.2, -0.15) is 0 Å². The molecule has 1 aromatic heterocycles. The van der Waals surface area contributed by atoms with E-state index >= 15 is 0 Å². The number of aromatic nitrogens is 1. The number of nitrogens with two attached hydrogens (primary N) is 1. The summed E-state index contributed by atoms with van der Waals surface area (Å²) in [4.78, 5) is 6.86. The first kappa shape index (κ1) is 12.4. The lowest BCUT2D eigenvalue weighted by molar-refractivity contribution is 0.0792. The van der Waals surface area contributed by atoms with Crippen LogP contribution >= 0.6 is 12.2 Å². The second-order valence-electron chi connectivity index (χ2n) is 4.38. The van der Waals surface area contributed by atoms with Crippen molar-refractivity contribution < 1.29 is 5.11 Å². The quantitative estimate of drug-likeness (QED) is 0.773. The topological polar surface area (TPSA) is 62.4 Å². The van der Waals surface area contributed by atoms with Crippen molar-refractivity contribution in [3.63, 3.8) is 0 Å². The van der Waals surface area contributed by atoms with Gasteiger partial charge >= 0.3 is 0 Å². The average molecular weight is 251 g/mol. The number of nitrogens with zero attached hydrogens (tertiary/aromatic N) is 2. The number of aliphatic hydroxyl groups excluding tert-OH is 1. The van der Waals surface area contributed by atoms with E-state index in [0.29, 0.717) is 10.7 Å². The van der Waals surface area contributed by atoms with Crippen LogP contribution in [-0.4, -0.2) is 39.2 Å². The smallest absolute Gasteiger partial charge is 0.123 e. The van der Waals surface area contributed by atoms with E-state index in [2.05, 4.69) is 9.88 Å². The van der Waals surface area contributed by atoms with E-state index in [1.165, 1.54) is 0 Å². The minimum atomic E-state index is -0.143. The highest BCUT2D eigenvalue weighted by Crippen LogP contribution is 2.15. The fourth-order valence-electron chi connectivity index (χ4n) is 2.11. The van der Waals surface area contributed by atoms with Gasteiger partial charge in [-0.15, -0.1) is 0 Å². The lowest BCUT2D eigenvalue weighted by Crippen LogP contribution is -2.35. The minimum absolute atomic E-state index is 0.143. The summed E-state index contributed by atoms with van der Waals surface area (Å²) in [5.74, 6) is 0. The highest BCUT2D eigenvalue weighted by Gasteiger charge is 2.18. The summed E-state index contributed by atoms with van der Waals surface area (Å²) < 4.78 is 0. The highest BCUT2D eigenvalue weighted by atomic mass is 32.1. The maximum absolute atomic E-state index is 9.46. The van der Waals surface area contributed by atoms with Gasteiger partial charge in [0.15, 0.2) is 0 Å². The van der Waals surface area contributed by atoms with E-state index in [0.717, 1.165) is 38.0 Å². The molecule has 2 heterocycles. The maximum atomic E-state index is 9.46. The van der Waals surface area contributed by atoms with E-state index in [-0.39, 0.29) is 6.10 Å². The summed E-state index contributed by atoms with van der Waals surface area (Å²) in [5, 5.41) is 9.46. The lowest BCUT2D eigenvalue weighted by Gasteiger charge is -2.29. The van der Waals surface area contributed by atoms with Gasteiger partial charge in [-0.25, -0.2) is 0 Å². The first-order valence-electron chi connectivity index (χ1n) is 5.81. The maximum Gasteiger partial charge on any atom is 0.123 e. The van der Waals surface area contributed by atoms with Gasteiger partial charge in [-0.1, -0.05) is 18.3 Å². The molecule has 0 saturated carbocycles. The number of likely N-dealkylation sites (tertiary alicyclic amines) is 1. The lowest BCUT2D eigenvalue weighted by atomic mass is 10.1. The Hall–Kier alpha value is -1.04. The van der Waals surface area contributed by atoms with Crippen LogP contribution in [0.25, 0.3) is 0 Å². The van der Waals surface area contributed by atoms with Crippen molar-refractivity contribution in [1.82, 2.24) is 9.88 Å². The van der Waals surface area contributed by atoms with Crippen molar-refractivity contribution in [3.8, 4) is 0 Å². The van der Waals surface area contributed by atoms with E-state index in [1.54, 1.807) is 6.20 Å². The largest absolute Gasteiger partial charge is 0.393 e. The Bertz CT molecular complexity index is 402. The van der Waals surface area contributed by atoms with E-state index in [4.69, 9.17) is 18.0 Å². The molecule has 1 saturated heterocycles. The summed E-state index contributed by atoms with van der Waals surface area (Å²) >= 11 is 4.99. The van der Waals surface area contributed by atoms with E-state index in [9.17, 15) is 5.11 Å². The predicted molar refractivity (Wildman–Crippen MR) is 70.6 cm³/mol. The molecule has 17 heavy (non-hydrogen) atoms. The number of aliphatic hydroxyl groups is 1. The molecule has 4 nitrogen and oxygen atoms in total. The molecule has 1 aromatic rings. The Kier molecular flexibility index (Phi) is 4.04. The molecule has 0 aromatic carbocycles. The molecular formula is C12H17N3OS.